The molecule has 0 unspecified atom stereocenters. The van der Waals surface area contributed by atoms with Gasteiger partial charge in [-0.2, -0.15) is 5.10 Å². The van der Waals surface area contributed by atoms with E-state index in [0.717, 1.165) is 5.56 Å². The van der Waals surface area contributed by atoms with Crippen LogP contribution >= 0.6 is 15.9 Å². The highest BCUT2D eigenvalue weighted by Gasteiger charge is 2.30. The second-order valence-corrected chi connectivity index (χ2v) is 10.1. The summed E-state index contributed by atoms with van der Waals surface area (Å²) in [5, 5.41) is 4.52. The summed E-state index contributed by atoms with van der Waals surface area (Å²) >= 11 is 3.16. The van der Waals surface area contributed by atoms with Gasteiger partial charge in [0.2, 0.25) is 0 Å². The molecule has 2 aromatic carbocycles. The van der Waals surface area contributed by atoms with Crippen molar-refractivity contribution >= 4 is 31.6 Å². The fraction of sp³-hybridized carbons (Fsp3) is 0.250. The van der Waals surface area contributed by atoms with Crippen LogP contribution in [0.1, 0.15) is 32.0 Å². The zero-order valence-electron chi connectivity index (χ0n) is 15.8. The lowest BCUT2D eigenvalue weighted by molar-refractivity contribution is 0.533. The number of nitrogens with zero attached hydrogens (tertiary/aromatic N) is 2. The second kappa shape index (κ2) is 7.67. The Balaban J connectivity index is 2.01. The van der Waals surface area contributed by atoms with Crippen molar-refractivity contribution in [1.82, 2.24) is 9.78 Å². The molecule has 148 valence electrons. The van der Waals surface area contributed by atoms with Gasteiger partial charge >= 0.3 is 0 Å². The lowest BCUT2D eigenvalue weighted by atomic mass is 9.92. The van der Waals surface area contributed by atoms with Gasteiger partial charge in [0.1, 0.15) is 10.7 Å². The number of benzene rings is 2. The van der Waals surface area contributed by atoms with Gasteiger partial charge in [0.25, 0.3) is 10.0 Å². The fourth-order valence-corrected chi connectivity index (χ4v) is 4.50. The average molecular weight is 466 g/mol. The van der Waals surface area contributed by atoms with E-state index in [1.807, 2.05) is 51.1 Å². The Hall–Kier alpha value is -2.19. The maximum absolute atomic E-state index is 14.1. The summed E-state index contributed by atoms with van der Waals surface area (Å²) in [5.74, 6) is -0.660. The smallest absolute Gasteiger partial charge is 0.265 e. The first-order valence-corrected chi connectivity index (χ1v) is 10.9. The van der Waals surface area contributed by atoms with E-state index in [9.17, 15) is 12.8 Å². The fourth-order valence-electron chi connectivity index (χ4n) is 2.74. The van der Waals surface area contributed by atoms with Gasteiger partial charge in [-0.25, -0.2) is 12.8 Å². The first-order chi connectivity index (χ1) is 13.1. The topological polar surface area (TPSA) is 64.0 Å². The van der Waals surface area contributed by atoms with Crippen LogP contribution in [0.5, 0.6) is 0 Å². The van der Waals surface area contributed by atoms with Crippen LogP contribution in [0.25, 0.3) is 0 Å². The Morgan fingerprint density at radius 1 is 1.14 bits per heavy atom. The summed E-state index contributed by atoms with van der Waals surface area (Å²) in [4.78, 5) is 0.0400. The van der Waals surface area contributed by atoms with Gasteiger partial charge in [-0.15, -0.1) is 0 Å². The van der Waals surface area contributed by atoms with Crippen molar-refractivity contribution in [1.29, 1.82) is 0 Å². The van der Waals surface area contributed by atoms with Gasteiger partial charge in [0.05, 0.1) is 17.9 Å². The normalized spacial score (nSPS) is 12.2. The second-order valence-electron chi connectivity index (χ2n) is 7.50. The Kier molecular flexibility index (Phi) is 5.63. The lowest BCUT2D eigenvalue weighted by Gasteiger charge is -2.18. The van der Waals surface area contributed by atoms with Crippen molar-refractivity contribution in [3.8, 4) is 0 Å². The lowest BCUT2D eigenvalue weighted by Crippen LogP contribution is -2.20. The number of aromatic nitrogens is 2. The van der Waals surface area contributed by atoms with Crippen molar-refractivity contribution in [2.24, 2.45) is 0 Å². The van der Waals surface area contributed by atoms with Crippen molar-refractivity contribution in [3.05, 3.63) is 76.3 Å². The molecule has 3 aromatic rings. The Morgan fingerprint density at radius 2 is 1.82 bits per heavy atom. The minimum atomic E-state index is -4.02. The summed E-state index contributed by atoms with van der Waals surface area (Å²) in [6.07, 6.45) is 1.49. The zero-order chi connectivity index (χ0) is 20.5. The number of hydrogen-bond acceptors (Lipinski definition) is 3. The van der Waals surface area contributed by atoms with E-state index in [-0.39, 0.29) is 10.6 Å². The van der Waals surface area contributed by atoms with E-state index in [1.165, 1.54) is 18.3 Å². The van der Waals surface area contributed by atoms with Crippen LogP contribution in [0.4, 0.5) is 10.1 Å². The number of nitrogens with one attached hydrogen (secondary N) is 1. The van der Waals surface area contributed by atoms with E-state index in [4.69, 9.17) is 0 Å². The molecular formula is C20H21BrFN3O2S. The number of anilines is 1. The molecule has 0 aliphatic carbocycles. The van der Waals surface area contributed by atoms with Crippen LogP contribution in [-0.2, 0) is 22.0 Å². The molecule has 0 aliphatic rings. The molecule has 0 saturated heterocycles. The summed E-state index contributed by atoms with van der Waals surface area (Å²) in [7, 11) is -4.02. The summed E-state index contributed by atoms with van der Waals surface area (Å²) in [5.41, 5.74) is 0.804. The molecule has 0 bridgehead atoms. The third kappa shape index (κ3) is 4.62. The molecule has 0 amide bonds. The maximum Gasteiger partial charge on any atom is 0.265 e. The first-order valence-electron chi connectivity index (χ1n) is 8.66. The average Bonchev–Trinajstić information content (AvgIpc) is 3.04. The third-order valence-electron chi connectivity index (χ3n) is 4.09. The summed E-state index contributed by atoms with van der Waals surface area (Å²) < 4.78 is 44.7. The number of hydrogen-bond donors (Lipinski definition) is 1. The molecule has 0 atom stereocenters. The molecule has 28 heavy (non-hydrogen) atoms. The highest BCUT2D eigenvalue weighted by Crippen LogP contribution is 2.30. The molecular weight excluding hydrogens is 445 g/mol. The molecule has 5 nitrogen and oxygen atoms in total. The quantitative estimate of drug-likeness (QED) is 0.580. The number of halogens is 2. The van der Waals surface area contributed by atoms with E-state index >= 15 is 0 Å². The van der Waals surface area contributed by atoms with E-state index < -0.39 is 21.3 Å². The summed E-state index contributed by atoms with van der Waals surface area (Å²) in [6.45, 7) is 6.11. The number of rotatable bonds is 5. The molecule has 0 fully saturated rings. The van der Waals surface area contributed by atoms with Crippen molar-refractivity contribution in [2.45, 2.75) is 37.6 Å². The molecule has 3 rings (SSSR count). The van der Waals surface area contributed by atoms with Crippen LogP contribution in [0, 0.1) is 5.82 Å². The van der Waals surface area contributed by atoms with Crippen LogP contribution in [0.15, 0.2) is 64.1 Å². The van der Waals surface area contributed by atoms with Crippen LogP contribution in [0.3, 0.4) is 0 Å². The van der Waals surface area contributed by atoms with E-state index in [2.05, 4.69) is 25.8 Å². The molecule has 0 aliphatic heterocycles. The standard InChI is InChI=1S/C20H21BrFN3O2S/c1-20(2,3)19-18(13-25(23-19)12-14-7-5-4-6-8-14)28(26,27)24-17-10-9-15(21)11-16(17)22/h4-11,13,24H,12H2,1-3H3. The van der Waals surface area contributed by atoms with Gasteiger partial charge < -0.3 is 0 Å². The Bertz CT molecular complexity index is 1090. The highest BCUT2D eigenvalue weighted by atomic mass is 79.9. The predicted octanol–water partition coefficient (Wildman–Crippen LogP) is 4.93. The molecule has 0 radical (unpaired) electrons. The monoisotopic (exact) mass is 465 g/mol. The first kappa shape index (κ1) is 20.5. The van der Waals surface area contributed by atoms with Crippen LogP contribution < -0.4 is 4.72 Å². The number of sulfonamides is 1. The summed E-state index contributed by atoms with van der Waals surface area (Å²) in [6, 6.07) is 13.8. The molecule has 1 heterocycles. The van der Waals surface area contributed by atoms with Crippen molar-refractivity contribution in [3.63, 3.8) is 0 Å². The zero-order valence-corrected chi connectivity index (χ0v) is 18.2. The SMILES string of the molecule is CC(C)(C)c1nn(Cc2ccccc2)cc1S(=O)(=O)Nc1ccc(Br)cc1F. The largest absolute Gasteiger partial charge is 0.277 e. The molecule has 8 heteroatoms. The third-order valence-corrected chi connectivity index (χ3v) is 5.95. The molecule has 1 N–H and O–H groups in total. The molecule has 0 saturated carbocycles. The highest BCUT2D eigenvalue weighted by molar-refractivity contribution is 9.10. The maximum atomic E-state index is 14.1. The van der Waals surface area contributed by atoms with Crippen LogP contribution in [-0.4, -0.2) is 18.2 Å². The van der Waals surface area contributed by atoms with Crippen LogP contribution in [0.2, 0.25) is 0 Å². The van der Waals surface area contributed by atoms with Gasteiger partial charge in [-0.3, -0.25) is 9.40 Å². The molecule has 1 aromatic heterocycles. The van der Waals surface area contributed by atoms with E-state index in [1.54, 1.807) is 10.7 Å². The van der Waals surface area contributed by atoms with Gasteiger partial charge in [-0.05, 0) is 23.8 Å². The Morgan fingerprint density at radius 3 is 2.43 bits per heavy atom. The van der Waals surface area contributed by atoms with Gasteiger partial charge in [0.15, 0.2) is 0 Å². The van der Waals surface area contributed by atoms with Crippen molar-refractivity contribution in [2.75, 3.05) is 4.72 Å². The minimum absolute atomic E-state index is 0.0400. The molecule has 0 spiro atoms. The minimum Gasteiger partial charge on any atom is -0.277 e. The van der Waals surface area contributed by atoms with Gasteiger partial charge in [-0.1, -0.05) is 67.0 Å². The Labute approximate surface area is 172 Å². The van der Waals surface area contributed by atoms with Crippen molar-refractivity contribution < 1.29 is 12.8 Å². The van der Waals surface area contributed by atoms with E-state index in [0.29, 0.717) is 16.7 Å². The predicted molar refractivity (Wildman–Crippen MR) is 111 cm³/mol. The van der Waals surface area contributed by atoms with Gasteiger partial charge in [0, 0.05) is 16.1 Å².